The minimum Gasteiger partial charge on any atom is -0.465 e. The largest absolute Gasteiger partial charge is 0.465 e. The van der Waals surface area contributed by atoms with Gasteiger partial charge in [0.15, 0.2) is 0 Å². The summed E-state index contributed by atoms with van der Waals surface area (Å²) >= 11 is 0. The SMILES string of the molecule is O=C(O)N1CCC(O)C2(CCN(Cc3ccccc3)C2)C1. The summed E-state index contributed by atoms with van der Waals surface area (Å²) in [5.74, 6) is 0. The lowest BCUT2D eigenvalue weighted by molar-refractivity contribution is -0.0339. The molecule has 1 spiro atoms. The average molecular weight is 290 g/mol. The summed E-state index contributed by atoms with van der Waals surface area (Å²) in [4.78, 5) is 15.0. The number of aliphatic hydroxyl groups excluding tert-OH is 1. The number of hydrogen-bond donors (Lipinski definition) is 2. The number of rotatable bonds is 2. The molecule has 0 aromatic heterocycles. The Morgan fingerprint density at radius 2 is 2.00 bits per heavy atom. The Morgan fingerprint density at radius 1 is 1.24 bits per heavy atom. The molecule has 5 nitrogen and oxygen atoms in total. The minimum atomic E-state index is -0.872. The van der Waals surface area contributed by atoms with E-state index in [1.165, 1.54) is 10.5 Å². The van der Waals surface area contributed by atoms with E-state index in [2.05, 4.69) is 17.0 Å². The number of likely N-dealkylation sites (tertiary alicyclic amines) is 2. The fraction of sp³-hybridized carbons (Fsp3) is 0.562. The molecule has 2 aliphatic rings. The first-order valence-electron chi connectivity index (χ1n) is 7.51. The number of amides is 1. The number of nitrogens with zero attached hydrogens (tertiary/aromatic N) is 2. The lowest BCUT2D eigenvalue weighted by atomic mass is 9.76. The minimum absolute atomic E-state index is 0.286. The van der Waals surface area contributed by atoms with Gasteiger partial charge in [0.2, 0.25) is 0 Å². The molecular formula is C16H22N2O3. The zero-order valence-electron chi connectivity index (χ0n) is 12.1. The van der Waals surface area contributed by atoms with E-state index in [4.69, 9.17) is 0 Å². The first-order valence-corrected chi connectivity index (χ1v) is 7.51. The Morgan fingerprint density at radius 3 is 2.71 bits per heavy atom. The van der Waals surface area contributed by atoms with Crippen LogP contribution in [-0.4, -0.2) is 58.4 Å². The van der Waals surface area contributed by atoms with Crippen LogP contribution in [0.15, 0.2) is 30.3 Å². The van der Waals surface area contributed by atoms with E-state index in [9.17, 15) is 15.0 Å². The summed E-state index contributed by atoms with van der Waals surface area (Å²) in [6, 6.07) is 10.3. The van der Waals surface area contributed by atoms with Gasteiger partial charge in [-0.3, -0.25) is 4.90 Å². The molecular weight excluding hydrogens is 268 g/mol. The van der Waals surface area contributed by atoms with Crippen molar-refractivity contribution in [3.05, 3.63) is 35.9 Å². The Labute approximate surface area is 124 Å². The Balaban J connectivity index is 1.68. The van der Waals surface area contributed by atoms with Gasteiger partial charge in [0.1, 0.15) is 0 Å². The van der Waals surface area contributed by atoms with Gasteiger partial charge in [-0.25, -0.2) is 4.79 Å². The molecule has 5 heteroatoms. The maximum Gasteiger partial charge on any atom is 0.407 e. The standard InChI is InChI=1S/C16H22N2O3/c19-14-6-8-18(15(20)21)12-16(14)7-9-17(11-16)10-13-4-2-1-3-5-13/h1-5,14,19H,6-12H2,(H,20,21). The van der Waals surface area contributed by atoms with Gasteiger partial charge in [-0.2, -0.15) is 0 Å². The molecule has 21 heavy (non-hydrogen) atoms. The van der Waals surface area contributed by atoms with Crippen LogP contribution in [0, 0.1) is 5.41 Å². The van der Waals surface area contributed by atoms with Crippen LogP contribution in [-0.2, 0) is 6.54 Å². The second-order valence-electron chi connectivity index (χ2n) is 6.32. The summed E-state index contributed by atoms with van der Waals surface area (Å²) in [7, 11) is 0. The van der Waals surface area contributed by atoms with Crippen molar-refractivity contribution in [1.29, 1.82) is 0 Å². The molecule has 1 aromatic carbocycles. The lowest BCUT2D eigenvalue weighted by Gasteiger charge is -2.43. The smallest absolute Gasteiger partial charge is 0.407 e. The number of hydrogen-bond acceptors (Lipinski definition) is 3. The van der Waals surface area contributed by atoms with Crippen LogP contribution in [0.4, 0.5) is 4.79 Å². The van der Waals surface area contributed by atoms with Crippen LogP contribution in [0.5, 0.6) is 0 Å². The summed E-state index contributed by atoms with van der Waals surface area (Å²) in [6.07, 6.45) is 0.146. The molecule has 0 radical (unpaired) electrons. The third-order valence-corrected chi connectivity index (χ3v) is 4.87. The summed E-state index contributed by atoms with van der Waals surface area (Å²) in [6.45, 7) is 3.44. The van der Waals surface area contributed by atoms with Gasteiger partial charge in [0.25, 0.3) is 0 Å². The Hall–Kier alpha value is -1.59. The molecule has 114 valence electrons. The molecule has 3 rings (SSSR count). The average Bonchev–Trinajstić information content (AvgIpc) is 2.87. The molecule has 0 saturated carbocycles. The summed E-state index contributed by atoms with van der Waals surface area (Å²) in [5, 5.41) is 19.6. The van der Waals surface area contributed by atoms with Gasteiger partial charge in [-0.15, -0.1) is 0 Å². The van der Waals surface area contributed by atoms with E-state index < -0.39 is 12.2 Å². The van der Waals surface area contributed by atoms with Crippen molar-refractivity contribution < 1.29 is 15.0 Å². The highest BCUT2D eigenvalue weighted by atomic mass is 16.4. The molecule has 2 fully saturated rings. The normalized spacial score (nSPS) is 30.0. The van der Waals surface area contributed by atoms with Crippen LogP contribution in [0.2, 0.25) is 0 Å². The number of carboxylic acid groups (broad SMARTS) is 1. The molecule has 1 amide bonds. The summed E-state index contributed by atoms with van der Waals surface area (Å²) < 4.78 is 0. The van der Waals surface area contributed by atoms with Crippen molar-refractivity contribution >= 4 is 6.09 Å². The lowest BCUT2D eigenvalue weighted by Crippen LogP contribution is -2.54. The van der Waals surface area contributed by atoms with Gasteiger partial charge < -0.3 is 15.1 Å². The molecule has 2 unspecified atom stereocenters. The zero-order valence-corrected chi connectivity index (χ0v) is 12.1. The van der Waals surface area contributed by atoms with Crippen molar-refractivity contribution in [2.75, 3.05) is 26.2 Å². The molecule has 2 N–H and O–H groups in total. The van der Waals surface area contributed by atoms with E-state index >= 15 is 0 Å². The first-order chi connectivity index (χ1) is 10.1. The highest BCUT2D eigenvalue weighted by Crippen LogP contribution is 2.39. The van der Waals surface area contributed by atoms with E-state index in [-0.39, 0.29) is 5.41 Å². The quantitative estimate of drug-likeness (QED) is 0.869. The fourth-order valence-corrected chi connectivity index (χ4v) is 3.67. The van der Waals surface area contributed by atoms with Crippen molar-refractivity contribution in [3.8, 4) is 0 Å². The van der Waals surface area contributed by atoms with E-state index in [1.807, 2.05) is 18.2 Å². The van der Waals surface area contributed by atoms with Crippen LogP contribution >= 0.6 is 0 Å². The van der Waals surface area contributed by atoms with Crippen LogP contribution in [0.25, 0.3) is 0 Å². The first kappa shape index (κ1) is 14.4. The van der Waals surface area contributed by atoms with Crippen molar-refractivity contribution in [2.45, 2.75) is 25.5 Å². The predicted molar refractivity (Wildman–Crippen MR) is 79.0 cm³/mol. The molecule has 2 atom stereocenters. The van der Waals surface area contributed by atoms with Gasteiger partial charge in [-0.1, -0.05) is 30.3 Å². The third kappa shape index (κ3) is 2.89. The molecule has 1 aromatic rings. The monoisotopic (exact) mass is 290 g/mol. The highest BCUT2D eigenvalue weighted by Gasteiger charge is 2.48. The van der Waals surface area contributed by atoms with Gasteiger partial charge >= 0.3 is 6.09 Å². The van der Waals surface area contributed by atoms with Gasteiger partial charge in [0, 0.05) is 31.6 Å². The second-order valence-corrected chi connectivity index (χ2v) is 6.32. The number of piperidine rings is 1. The fourth-order valence-electron chi connectivity index (χ4n) is 3.67. The summed E-state index contributed by atoms with van der Waals surface area (Å²) in [5.41, 5.74) is 0.973. The Kier molecular flexibility index (Phi) is 3.87. The molecule has 2 aliphatic heterocycles. The van der Waals surface area contributed by atoms with Crippen LogP contribution in [0.1, 0.15) is 18.4 Å². The van der Waals surface area contributed by atoms with E-state index in [1.54, 1.807) is 0 Å². The van der Waals surface area contributed by atoms with Crippen molar-refractivity contribution in [2.24, 2.45) is 5.41 Å². The van der Waals surface area contributed by atoms with E-state index in [0.717, 1.165) is 26.1 Å². The van der Waals surface area contributed by atoms with E-state index in [0.29, 0.717) is 19.5 Å². The topological polar surface area (TPSA) is 64.0 Å². The Bertz CT molecular complexity index is 508. The third-order valence-electron chi connectivity index (χ3n) is 4.87. The van der Waals surface area contributed by atoms with Gasteiger partial charge in [0.05, 0.1) is 6.10 Å². The maximum atomic E-state index is 11.2. The molecule has 0 aliphatic carbocycles. The number of aliphatic hydroxyl groups is 1. The predicted octanol–water partition coefficient (Wildman–Crippen LogP) is 1.62. The van der Waals surface area contributed by atoms with Crippen molar-refractivity contribution in [3.63, 3.8) is 0 Å². The zero-order chi connectivity index (χ0) is 14.9. The number of benzene rings is 1. The highest BCUT2D eigenvalue weighted by molar-refractivity contribution is 5.65. The maximum absolute atomic E-state index is 11.2. The second kappa shape index (κ2) is 5.66. The van der Waals surface area contributed by atoms with Crippen LogP contribution < -0.4 is 0 Å². The molecule has 2 heterocycles. The molecule has 2 saturated heterocycles. The van der Waals surface area contributed by atoms with Crippen LogP contribution in [0.3, 0.4) is 0 Å². The number of carbonyl (C=O) groups is 1. The molecule has 0 bridgehead atoms. The van der Waals surface area contributed by atoms with Crippen molar-refractivity contribution in [1.82, 2.24) is 9.80 Å². The van der Waals surface area contributed by atoms with Gasteiger partial charge in [-0.05, 0) is 24.9 Å².